The molecule has 0 aliphatic rings. The van der Waals surface area contributed by atoms with Crippen LogP contribution in [0.4, 0.5) is 0 Å². The van der Waals surface area contributed by atoms with Gasteiger partial charge in [0.05, 0.1) is 5.92 Å². The van der Waals surface area contributed by atoms with Crippen molar-refractivity contribution in [3.8, 4) is 0 Å². The van der Waals surface area contributed by atoms with E-state index in [9.17, 15) is 4.79 Å². The van der Waals surface area contributed by atoms with E-state index in [4.69, 9.17) is 9.26 Å². The molecule has 84 valence electrons. The molecule has 0 bridgehead atoms. The van der Waals surface area contributed by atoms with E-state index in [0.717, 1.165) is 6.42 Å². The molecule has 0 spiro atoms. The molecule has 1 rings (SSSR count). The summed E-state index contributed by atoms with van der Waals surface area (Å²) in [5, 5.41) is 3.80. The zero-order valence-corrected chi connectivity index (χ0v) is 9.32. The van der Waals surface area contributed by atoms with Crippen molar-refractivity contribution in [3.05, 3.63) is 11.7 Å². The van der Waals surface area contributed by atoms with Crippen LogP contribution in [0, 0.1) is 0 Å². The Morgan fingerprint density at radius 3 is 2.93 bits per heavy atom. The van der Waals surface area contributed by atoms with Crippen molar-refractivity contribution in [1.29, 1.82) is 0 Å². The lowest BCUT2D eigenvalue weighted by Crippen LogP contribution is -2.04. The van der Waals surface area contributed by atoms with Crippen molar-refractivity contribution in [3.63, 3.8) is 0 Å². The van der Waals surface area contributed by atoms with Gasteiger partial charge in [-0.1, -0.05) is 5.16 Å². The van der Waals surface area contributed by atoms with Crippen LogP contribution >= 0.6 is 0 Å². The van der Waals surface area contributed by atoms with Gasteiger partial charge in [-0.25, -0.2) is 0 Å². The number of methoxy groups -OCH3 is 1. The van der Waals surface area contributed by atoms with Gasteiger partial charge in [0, 0.05) is 20.1 Å². The Hall–Kier alpha value is -1.23. The van der Waals surface area contributed by atoms with E-state index in [1.165, 1.54) is 6.92 Å². The number of aromatic nitrogens is 2. The van der Waals surface area contributed by atoms with E-state index in [0.29, 0.717) is 24.7 Å². The molecule has 0 aliphatic carbocycles. The number of ether oxygens (including phenoxy) is 1. The highest BCUT2D eigenvalue weighted by atomic mass is 16.5. The first-order valence-electron chi connectivity index (χ1n) is 4.97. The van der Waals surface area contributed by atoms with Crippen LogP contribution in [0.1, 0.15) is 37.9 Å². The van der Waals surface area contributed by atoms with Gasteiger partial charge in [-0.05, 0) is 20.3 Å². The third-order valence-electron chi connectivity index (χ3n) is 2.21. The zero-order valence-electron chi connectivity index (χ0n) is 9.32. The molecular formula is C10H16N2O3. The highest BCUT2D eigenvalue weighted by Gasteiger charge is 2.17. The molecule has 1 aromatic rings. The van der Waals surface area contributed by atoms with Crippen LogP contribution < -0.4 is 0 Å². The molecule has 0 aromatic carbocycles. The Kier molecular flexibility index (Phi) is 4.42. The number of nitrogens with zero attached hydrogens (tertiary/aromatic N) is 2. The first-order valence-corrected chi connectivity index (χ1v) is 4.97. The minimum atomic E-state index is -0.311. The van der Waals surface area contributed by atoms with Crippen LogP contribution in [0.3, 0.4) is 0 Å². The molecule has 1 unspecified atom stereocenters. The van der Waals surface area contributed by atoms with Crippen LogP contribution in [-0.4, -0.2) is 29.6 Å². The Morgan fingerprint density at radius 1 is 1.60 bits per heavy atom. The SMILES string of the molecule is COCCCc1noc(C(C)C(C)=O)n1. The predicted molar refractivity (Wildman–Crippen MR) is 53.6 cm³/mol. The third-order valence-corrected chi connectivity index (χ3v) is 2.21. The first-order chi connectivity index (χ1) is 7.15. The molecule has 1 heterocycles. The smallest absolute Gasteiger partial charge is 0.236 e. The van der Waals surface area contributed by atoms with Crippen molar-refractivity contribution in [1.82, 2.24) is 10.1 Å². The standard InChI is InChI=1S/C10H16N2O3/c1-7(8(2)13)10-11-9(12-15-10)5-4-6-14-3/h7H,4-6H2,1-3H3. The second-order valence-electron chi connectivity index (χ2n) is 3.48. The monoisotopic (exact) mass is 212 g/mol. The molecular weight excluding hydrogens is 196 g/mol. The number of Topliss-reactive ketones (excluding diaryl/α,β-unsaturated/α-hetero) is 1. The number of hydrogen-bond acceptors (Lipinski definition) is 5. The predicted octanol–water partition coefficient (Wildman–Crippen LogP) is 1.34. The Balaban J connectivity index is 2.52. The third kappa shape index (κ3) is 3.43. The van der Waals surface area contributed by atoms with Gasteiger partial charge >= 0.3 is 0 Å². The molecule has 0 radical (unpaired) electrons. The van der Waals surface area contributed by atoms with Crippen molar-refractivity contribution >= 4 is 5.78 Å². The maximum atomic E-state index is 11.1. The summed E-state index contributed by atoms with van der Waals surface area (Å²) in [4.78, 5) is 15.2. The lowest BCUT2D eigenvalue weighted by molar-refractivity contribution is -0.118. The molecule has 0 saturated carbocycles. The van der Waals surface area contributed by atoms with Crippen LogP contribution in [-0.2, 0) is 16.0 Å². The summed E-state index contributed by atoms with van der Waals surface area (Å²) in [5.74, 6) is 0.751. The minimum absolute atomic E-state index is 0.0297. The van der Waals surface area contributed by atoms with Gasteiger partial charge in [0.15, 0.2) is 5.82 Å². The second-order valence-corrected chi connectivity index (χ2v) is 3.48. The summed E-state index contributed by atoms with van der Waals surface area (Å²) in [6.07, 6.45) is 1.56. The number of rotatable bonds is 6. The molecule has 5 heteroatoms. The summed E-state index contributed by atoms with van der Waals surface area (Å²) >= 11 is 0. The number of carbonyl (C=O) groups excluding carboxylic acids is 1. The molecule has 0 saturated heterocycles. The van der Waals surface area contributed by atoms with Crippen LogP contribution in [0.25, 0.3) is 0 Å². The van der Waals surface area contributed by atoms with Crippen molar-refractivity contribution < 1.29 is 14.1 Å². The molecule has 1 aromatic heterocycles. The number of ketones is 1. The average Bonchev–Trinajstić information content (AvgIpc) is 2.65. The maximum absolute atomic E-state index is 11.1. The van der Waals surface area contributed by atoms with Crippen molar-refractivity contribution in [2.45, 2.75) is 32.6 Å². The average molecular weight is 212 g/mol. The van der Waals surface area contributed by atoms with Crippen molar-refractivity contribution in [2.75, 3.05) is 13.7 Å². The molecule has 0 amide bonds. The molecule has 0 fully saturated rings. The molecule has 15 heavy (non-hydrogen) atoms. The largest absolute Gasteiger partial charge is 0.385 e. The van der Waals surface area contributed by atoms with Crippen LogP contribution in [0.2, 0.25) is 0 Å². The zero-order chi connectivity index (χ0) is 11.3. The van der Waals surface area contributed by atoms with Gasteiger partial charge in [-0.15, -0.1) is 0 Å². The normalized spacial score (nSPS) is 12.7. The number of hydrogen-bond donors (Lipinski definition) is 0. The van der Waals surface area contributed by atoms with Crippen LogP contribution in [0.15, 0.2) is 4.52 Å². The summed E-state index contributed by atoms with van der Waals surface area (Å²) in [6.45, 7) is 3.94. The quantitative estimate of drug-likeness (QED) is 0.666. The van der Waals surface area contributed by atoms with Gasteiger partial charge < -0.3 is 9.26 Å². The fourth-order valence-electron chi connectivity index (χ4n) is 1.09. The number of aryl methyl sites for hydroxylation is 1. The lowest BCUT2D eigenvalue weighted by atomic mass is 10.1. The van der Waals surface area contributed by atoms with Crippen molar-refractivity contribution in [2.24, 2.45) is 0 Å². The van der Waals surface area contributed by atoms with E-state index < -0.39 is 0 Å². The van der Waals surface area contributed by atoms with Gasteiger partial charge in [0.2, 0.25) is 5.89 Å². The first kappa shape index (κ1) is 11.8. The molecule has 0 N–H and O–H groups in total. The van der Waals surface area contributed by atoms with E-state index in [2.05, 4.69) is 10.1 Å². The highest BCUT2D eigenvalue weighted by molar-refractivity contribution is 5.81. The minimum Gasteiger partial charge on any atom is -0.385 e. The van der Waals surface area contributed by atoms with Gasteiger partial charge in [-0.3, -0.25) is 4.79 Å². The van der Waals surface area contributed by atoms with E-state index >= 15 is 0 Å². The van der Waals surface area contributed by atoms with Gasteiger partial charge in [-0.2, -0.15) is 4.98 Å². The summed E-state index contributed by atoms with van der Waals surface area (Å²) < 4.78 is 9.91. The lowest BCUT2D eigenvalue weighted by Gasteiger charge is -1.98. The van der Waals surface area contributed by atoms with E-state index in [1.807, 2.05) is 0 Å². The summed E-state index contributed by atoms with van der Waals surface area (Å²) in [5.41, 5.74) is 0. The van der Waals surface area contributed by atoms with E-state index in [-0.39, 0.29) is 11.7 Å². The fourth-order valence-corrected chi connectivity index (χ4v) is 1.09. The van der Waals surface area contributed by atoms with E-state index in [1.54, 1.807) is 14.0 Å². The van der Waals surface area contributed by atoms with Gasteiger partial charge in [0.25, 0.3) is 0 Å². The topological polar surface area (TPSA) is 65.2 Å². The Morgan fingerprint density at radius 2 is 2.33 bits per heavy atom. The fraction of sp³-hybridized carbons (Fsp3) is 0.700. The van der Waals surface area contributed by atoms with Crippen LogP contribution in [0.5, 0.6) is 0 Å². The van der Waals surface area contributed by atoms with Gasteiger partial charge in [0.1, 0.15) is 5.78 Å². The Bertz CT molecular complexity index is 322. The summed E-state index contributed by atoms with van der Waals surface area (Å²) in [6, 6.07) is 0. The highest BCUT2D eigenvalue weighted by Crippen LogP contribution is 2.13. The Labute approximate surface area is 88.8 Å². The molecule has 1 atom stereocenters. The number of carbonyl (C=O) groups is 1. The summed E-state index contributed by atoms with van der Waals surface area (Å²) in [7, 11) is 1.65. The molecule has 0 aliphatic heterocycles. The second kappa shape index (κ2) is 5.60. The maximum Gasteiger partial charge on any atom is 0.236 e. The molecule has 5 nitrogen and oxygen atoms in total.